The van der Waals surface area contributed by atoms with Gasteiger partial charge in [0.15, 0.2) is 11.5 Å². The van der Waals surface area contributed by atoms with Crippen molar-refractivity contribution in [3.8, 4) is 11.5 Å². The summed E-state index contributed by atoms with van der Waals surface area (Å²) in [6.45, 7) is 1.000. The first-order valence-electron chi connectivity index (χ1n) is 7.62. The first kappa shape index (κ1) is 15.2. The van der Waals surface area contributed by atoms with E-state index in [4.69, 9.17) is 9.47 Å². The summed E-state index contributed by atoms with van der Waals surface area (Å²) in [5, 5.41) is 6.29. The average Bonchev–Trinajstić information content (AvgIpc) is 2.60. The SMILES string of the molecule is COc1cccc(C(=O)Nc2ccc3c(c2)CCCN3)c1OC. The van der Waals surface area contributed by atoms with E-state index in [0.29, 0.717) is 17.1 Å². The number of benzene rings is 2. The van der Waals surface area contributed by atoms with Gasteiger partial charge in [-0.25, -0.2) is 0 Å². The van der Waals surface area contributed by atoms with Gasteiger partial charge in [0.25, 0.3) is 5.91 Å². The van der Waals surface area contributed by atoms with Crippen LogP contribution in [0.4, 0.5) is 11.4 Å². The highest BCUT2D eigenvalue weighted by Gasteiger charge is 2.17. The van der Waals surface area contributed by atoms with Crippen LogP contribution in [0.3, 0.4) is 0 Å². The van der Waals surface area contributed by atoms with Crippen molar-refractivity contribution < 1.29 is 14.3 Å². The predicted octanol–water partition coefficient (Wildman–Crippen LogP) is 3.31. The van der Waals surface area contributed by atoms with Crippen LogP contribution in [0, 0.1) is 0 Å². The van der Waals surface area contributed by atoms with E-state index in [1.54, 1.807) is 25.3 Å². The monoisotopic (exact) mass is 312 g/mol. The van der Waals surface area contributed by atoms with Crippen LogP contribution in [0.5, 0.6) is 11.5 Å². The van der Waals surface area contributed by atoms with Crippen LogP contribution in [0.2, 0.25) is 0 Å². The molecule has 23 heavy (non-hydrogen) atoms. The van der Waals surface area contributed by atoms with Crippen LogP contribution in [-0.2, 0) is 6.42 Å². The molecule has 5 nitrogen and oxygen atoms in total. The highest BCUT2D eigenvalue weighted by Crippen LogP contribution is 2.31. The largest absolute Gasteiger partial charge is 0.493 e. The zero-order valence-corrected chi connectivity index (χ0v) is 13.3. The fourth-order valence-electron chi connectivity index (χ4n) is 2.82. The second kappa shape index (κ2) is 6.60. The molecule has 1 heterocycles. The predicted molar refractivity (Wildman–Crippen MR) is 90.8 cm³/mol. The smallest absolute Gasteiger partial charge is 0.259 e. The van der Waals surface area contributed by atoms with Crippen LogP contribution >= 0.6 is 0 Å². The maximum atomic E-state index is 12.6. The Balaban J connectivity index is 1.85. The maximum absolute atomic E-state index is 12.6. The number of fused-ring (bicyclic) bond motifs is 1. The molecule has 0 atom stereocenters. The van der Waals surface area contributed by atoms with E-state index in [1.807, 2.05) is 18.2 Å². The zero-order valence-electron chi connectivity index (χ0n) is 13.3. The summed E-state index contributed by atoms with van der Waals surface area (Å²) in [5.41, 5.74) is 3.60. The van der Waals surface area contributed by atoms with Crippen LogP contribution in [-0.4, -0.2) is 26.7 Å². The molecule has 3 rings (SSSR count). The van der Waals surface area contributed by atoms with E-state index in [2.05, 4.69) is 10.6 Å². The van der Waals surface area contributed by atoms with E-state index >= 15 is 0 Å². The number of para-hydroxylation sites is 1. The highest BCUT2D eigenvalue weighted by molar-refractivity contribution is 6.06. The van der Waals surface area contributed by atoms with Gasteiger partial charge in [-0.1, -0.05) is 6.07 Å². The summed E-state index contributed by atoms with van der Waals surface area (Å²) in [5.74, 6) is 0.756. The van der Waals surface area contributed by atoms with Gasteiger partial charge in [-0.05, 0) is 48.7 Å². The van der Waals surface area contributed by atoms with Gasteiger partial charge in [0, 0.05) is 17.9 Å². The van der Waals surface area contributed by atoms with Crippen molar-refractivity contribution in [3.63, 3.8) is 0 Å². The summed E-state index contributed by atoms with van der Waals surface area (Å²) in [4.78, 5) is 12.6. The first-order chi connectivity index (χ1) is 11.2. The Morgan fingerprint density at radius 1 is 1.17 bits per heavy atom. The van der Waals surface area contributed by atoms with Gasteiger partial charge >= 0.3 is 0 Å². The lowest BCUT2D eigenvalue weighted by atomic mass is 10.0. The van der Waals surface area contributed by atoms with Crippen molar-refractivity contribution >= 4 is 17.3 Å². The summed E-state index contributed by atoms with van der Waals surface area (Å²) in [6, 6.07) is 11.2. The Bertz CT molecular complexity index is 728. The molecule has 0 aliphatic carbocycles. The van der Waals surface area contributed by atoms with Gasteiger partial charge in [-0.15, -0.1) is 0 Å². The zero-order chi connectivity index (χ0) is 16.2. The van der Waals surface area contributed by atoms with Gasteiger partial charge in [0.2, 0.25) is 0 Å². The minimum absolute atomic E-state index is 0.218. The normalized spacial score (nSPS) is 12.8. The van der Waals surface area contributed by atoms with E-state index in [1.165, 1.54) is 12.7 Å². The van der Waals surface area contributed by atoms with Crippen molar-refractivity contribution in [1.82, 2.24) is 0 Å². The molecule has 0 fully saturated rings. The number of hydrogen-bond acceptors (Lipinski definition) is 4. The second-order valence-electron chi connectivity index (χ2n) is 5.40. The number of anilines is 2. The average molecular weight is 312 g/mol. The molecule has 5 heteroatoms. The second-order valence-corrected chi connectivity index (χ2v) is 5.40. The van der Waals surface area contributed by atoms with Gasteiger partial charge < -0.3 is 20.1 Å². The molecule has 1 aliphatic rings. The fraction of sp³-hybridized carbons (Fsp3) is 0.278. The van der Waals surface area contributed by atoms with Gasteiger partial charge in [0.1, 0.15) is 0 Å². The lowest BCUT2D eigenvalue weighted by Crippen LogP contribution is -2.15. The third-order valence-corrected chi connectivity index (χ3v) is 3.95. The minimum atomic E-state index is -0.218. The molecule has 0 aromatic heterocycles. The molecular weight excluding hydrogens is 292 g/mol. The molecule has 120 valence electrons. The fourth-order valence-corrected chi connectivity index (χ4v) is 2.82. The molecule has 2 N–H and O–H groups in total. The van der Waals surface area contributed by atoms with E-state index < -0.39 is 0 Å². The molecule has 0 saturated carbocycles. The van der Waals surface area contributed by atoms with Crippen LogP contribution in [0.1, 0.15) is 22.3 Å². The Labute approximate surface area is 135 Å². The Morgan fingerprint density at radius 2 is 2.04 bits per heavy atom. The number of methoxy groups -OCH3 is 2. The number of carbonyl (C=O) groups excluding carboxylic acids is 1. The van der Waals surface area contributed by atoms with Gasteiger partial charge in [-0.3, -0.25) is 4.79 Å². The van der Waals surface area contributed by atoms with Crippen molar-refractivity contribution in [1.29, 1.82) is 0 Å². The van der Waals surface area contributed by atoms with Crippen molar-refractivity contribution in [2.45, 2.75) is 12.8 Å². The van der Waals surface area contributed by atoms with Crippen LogP contribution < -0.4 is 20.1 Å². The van der Waals surface area contributed by atoms with Crippen LogP contribution in [0.15, 0.2) is 36.4 Å². The Kier molecular flexibility index (Phi) is 4.37. The molecule has 2 aromatic carbocycles. The summed E-state index contributed by atoms with van der Waals surface area (Å²) >= 11 is 0. The number of aryl methyl sites for hydroxylation is 1. The molecule has 0 radical (unpaired) electrons. The number of rotatable bonds is 4. The maximum Gasteiger partial charge on any atom is 0.259 e. The van der Waals surface area contributed by atoms with Gasteiger partial charge in [0.05, 0.1) is 19.8 Å². The summed E-state index contributed by atoms with van der Waals surface area (Å²) in [6.07, 6.45) is 2.13. The molecule has 0 unspecified atom stereocenters. The van der Waals surface area contributed by atoms with E-state index in [0.717, 1.165) is 30.8 Å². The number of amides is 1. The molecule has 1 aliphatic heterocycles. The Hall–Kier alpha value is -2.69. The number of nitrogens with one attached hydrogen (secondary N) is 2. The molecule has 2 aromatic rings. The third-order valence-electron chi connectivity index (χ3n) is 3.95. The molecule has 1 amide bonds. The van der Waals surface area contributed by atoms with Crippen LogP contribution in [0.25, 0.3) is 0 Å². The minimum Gasteiger partial charge on any atom is -0.493 e. The van der Waals surface area contributed by atoms with Crippen molar-refractivity contribution in [2.24, 2.45) is 0 Å². The summed E-state index contributed by atoms with van der Waals surface area (Å²) < 4.78 is 10.6. The van der Waals surface area contributed by atoms with Gasteiger partial charge in [-0.2, -0.15) is 0 Å². The highest BCUT2D eigenvalue weighted by atomic mass is 16.5. The number of ether oxygens (including phenoxy) is 2. The van der Waals surface area contributed by atoms with E-state index in [9.17, 15) is 4.79 Å². The van der Waals surface area contributed by atoms with Crippen molar-refractivity contribution in [3.05, 3.63) is 47.5 Å². The molecule has 0 spiro atoms. The third kappa shape index (κ3) is 3.08. The number of hydrogen-bond donors (Lipinski definition) is 2. The lowest BCUT2D eigenvalue weighted by molar-refractivity contribution is 0.102. The molecular formula is C18H20N2O3. The Morgan fingerprint density at radius 3 is 2.83 bits per heavy atom. The lowest BCUT2D eigenvalue weighted by Gasteiger charge is -2.19. The first-order valence-corrected chi connectivity index (χ1v) is 7.62. The summed E-state index contributed by atoms with van der Waals surface area (Å²) in [7, 11) is 3.08. The molecule has 0 saturated heterocycles. The topological polar surface area (TPSA) is 59.6 Å². The molecule has 0 bridgehead atoms. The van der Waals surface area contributed by atoms with E-state index in [-0.39, 0.29) is 5.91 Å². The number of carbonyl (C=O) groups is 1. The quantitative estimate of drug-likeness (QED) is 0.909. The van der Waals surface area contributed by atoms with Crippen molar-refractivity contribution in [2.75, 3.05) is 31.4 Å². The standard InChI is InChI=1S/C18H20N2O3/c1-22-16-7-3-6-14(17(16)23-2)18(21)20-13-8-9-15-12(11-13)5-4-10-19-15/h3,6-9,11,19H,4-5,10H2,1-2H3,(H,20,21).